The highest BCUT2D eigenvalue weighted by molar-refractivity contribution is 6.14. The first-order chi connectivity index (χ1) is 17.6. The van der Waals surface area contributed by atoms with E-state index in [1.807, 2.05) is 54.6 Å². The molecule has 5 nitrogen and oxygen atoms in total. The lowest BCUT2D eigenvalue weighted by Gasteiger charge is -2.14. The minimum Gasteiger partial charge on any atom is -0.497 e. The second kappa shape index (κ2) is 10.2. The Hall–Kier alpha value is -4.90. The summed E-state index contributed by atoms with van der Waals surface area (Å²) in [6.45, 7) is 0. The van der Waals surface area contributed by atoms with Gasteiger partial charge in [0.25, 0.3) is 11.8 Å². The van der Waals surface area contributed by atoms with Crippen LogP contribution in [0, 0.1) is 0 Å². The molecule has 0 bridgehead atoms. The molecule has 0 fully saturated rings. The van der Waals surface area contributed by atoms with Crippen molar-refractivity contribution >= 4 is 45.1 Å². The molecule has 176 valence electrons. The zero-order chi connectivity index (χ0) is 24.9. The number of hydrogen-bond donors (Lipinski definition) is 2. The van der Waals surface area contributed by atoms with E-state index in [0.717, 1.165) is 27.1 Å². The molecule has 0 saturated heterocycles. The number of rotatable bonds is 6. The van der Waals surface area contributed by atoms with Gasteiger partial charge in [0.05, 0.1) is 7.11 Å². The van der Waals surface area contributed by atoms with Gasteiger partial charge in [0, 0.05) is 17.3 Å². The molecule has 0 saturated carbocycles. The minimum absolute atomic E-state index is 0.133. The standard InChI is InChI=1S/C31H24N2O3/c1-36-25-15-9-14-24(19-25)32-31(35)29(33-30(34)21-10-3-2-4-11-21)20-28-26-16-7-5-12-22(26)18-23-13-6-8-17-27(23)28/h2-20H,1H3,(H,32,35)(H,33,34)/b29-20-. The van der Waals surface area contributed by atoms with Crippen molar-refractivity contribution in [2.24, 2.45) is 0 Å². The van der Waals surface area contributed by atoms with E-state index in [1.165, 1.54) is 0 Å². The summed E-state index contributed by atoms with van der Waals surface area (Å²) in [5.41, 5.74) is 2.00. The first-order valence-corrected chi connectivity index (χ1v) is 11.6. The third-order valence-corrected chi connectivity index (χ3v) is 5.96. The van der Waals surface area contributed by atoms with E-state index in [0.29, 0.717) is 17.0 Å². The maximum atomic E-state index is 13.5. The van der Waals surface area contributed by atoms with Gasteiger partial charge in [0.2, 0.25) is 0 Å². The van der Waals surface area contributed by atoms with E-state index in [1.54, 1.807) is 61.7 Å². The van der Waals surface area contributed by atoms with Gasteiger partial charge >= 0.3 is 0 Å². The Morgan fingerprint density at radius 1 is 0.722 bits per heavy atom. The number of anilines is 1. The van der Waals surface area contributed by atoms with E-state index in [-0.39, 0.29) is 11.6 Å². The molecular formula is C31H24N2O3. The molecule has 0 heterocycles. The molecule has 0 aliphatic carbocycles. The van der Waals surface area contributed by atoms with Gasteiger partial charge in [-0.05, 0) is 63.5 Å². The van der Waals surface area contributed by atoms with Gasteiger partial charge in [-0.1, -0.05) is 72.8 Å². The molecule has 0 aliphatic rings. The van der Waals surface area contributed by atoms with Crippen LogP contribution in [0.15, 0.2) is 115 Å². The number of carbonyl (C=O) groups excluding carboxylic acids is 2. The number of benzene rings is 5. The SMILES string of the molecule is COc1cccc(NC(=O)/C(=C/c2c3ccccc3cc3ccccc23)NC(=O)c2ccccc2)c1. The summed E-state index contributed by atoms with van der Waals surface area (Å²) in [6.07, 6.45) is 1.75. The molecule has 0 unspecified atom stereocenters. The Kier molecular flexibility index (Phi) is 6.45. The largest absolute Gasteiger partial charge is 0.497 e. The van der Waals surface area contributed by atoms with Gasteiger partial charge < -0.3 is 15.4 Å². The summed E-state index contributed by atoms with van der Waals surface area (Å²) in [6, 6.07) is 34.0. The van der Waals surface area contributed by atoms with Crippen LogP contribution in [0.2, 0.25) is 0 Å². The molecule has 0 spiro atoms. The topological polar surface area (TPSA) is 67.4 Å². The fourth-order valence-electron chi connectivity index (χ4n) is 4.19. The molecule has 5 rings (SSSR count). The Labute approximate surface area is 209 Å². The molecule has 0 aliphatic heterocycles. The molecular weight excluding hydrogens is 448 g/mol. The Morgan fingerprint density at radius 3 is 2.03 bits per heavy atom. The van der Waals surface area contributed by atoms with Gasteiger partial charge in [-0.25, -0.2) is 0 Å². The van der Waals surface area contributed by atoms with Crippen LogP contribution in [-0.4, -0.2) is 18.9 Å². The van der Waals surface area contributed by atoms with Crippen LogP contribution in [0.5, 0.6) is 5.75 Å². The van der Waals surface area contributed by atoms with Crippen molar-refractivity contribution in [1.29, 1.82) is 0 Å². The van der Waals surface area contributed by atoms with Crippen molar-refractivity contribution in [2.75, 3.05) is 12.4 Å². The van der Waals surface area contributed by atoms with Crippen molar-refractivity contribution in [3.63, 3.8) is 0 Å². The monoisotopic (exact) mass is 472 g/mol. The van der Waals surface area contributed by atoms with E-state index < -0.39 is 5.91 Å². The van der Waals surface area contributed by atoms with Gasteiger partial charge in [-0.15, -0.1) is 0 Å². The van der Waals surface area contributed by atoms with Crippen LogP contribution in [-0.2, 0) is 4.79 Å². The van der Waals surface area contributed by atoms with Gasteiger partial charge in [0.15, 0.2) is 0 Å². The average molecular weight is 473 g/mol. The molecule has 0 radical (unpaired) electrons. The van der Waals surface area contributed by atoms with Crippen molar-refractivity contribution in [3.05, 3.63) is 126 Å². The smallest absolute Gasteiger partial charge is 0.272 e. The van der Waals surface area contributed by atoms with Crippen LogP contribution in [0.25, 0.3) is 27.6 Å². The molecule has 36 heavy (non-hydrogen) atoms. The Balaban J connectivity index is 1.63. The number of carbonyl (C=O) groups is 2. The second-order valence-electron chi connectivity index (χ2n) is 8.30. The number of hydrogen-bond acceptors (Lipinski definition) is 3. The molecule has 2 N–H and O–H groups in total. The normalized spacial score (nSPS) is 11.3. The zero-order valence-corrected chi connectivity index (χ0v) is 19.7. The fourth-order valence-corrected chi connectivity index (χ4v) is 4.19. The van der Waals surface area contributed by atoms with Gasteiger partial charge in [-0.3, -0.25) is 9.59 Å². The van der Waals surface area contributed by atoms with Crippen LogP contribution in [0.3, 0.4) is 0 Å². The molecule has 5 aromatic rings. The number of amides is 2. The fraction of sp³-hybridized carbons (Fsp3) is 0.0323. The number of nitrogens with one attached hydrogen (secondary N) is 2. The van der Waals surface area contributed by atoms with Gasteiger partial charge in [-0.2, -0.15) is 0 Å². The van der Waals surface area contributed by atoms with Crippen LogP contribution in [0.1, 0.15) is 15.9 Å². The molecule has 5 heteroatoms. The van der Waals surface area contributed by atoms with Crippen molar-refractivity contribution in [1.82, 2.24) is 5.32 Å². The first kappa shape index (κ1) is 22.9. The third-order valence-electron chi connectivity index (χ3n) is 5.96. The highest BCUT2D eigenvalue weighted by Crippen LogP contribution is 2.30. The van der Waals surface area contributed by atoms with Crippen LogP contribution >= 0.6 is 0 Å². The number of ether oxygens (including phenoxy) is 1. The van der Waals surface area contributed by atoms with Crippen molar-refractivity contribution in [2.45, 2.75) is 0 Å². The molecule has 0 atom stereocenters. The highest BCUT2D eigenvalue weighted by Gasteiger charge is 2.17. The van der Waals surface area contributed by atoms with E-state index in [2.05, 4.69) is 16.7 Å². The van der Waals surface area contributed by atoms with Gasteiger partial charge in [0.1, 0.15) is 11.4 Å². The van der Waals surface area contributed by atoms with Crippen LogP contribution < -0.4 is 15.4 Å². The second-order valence-corrected chi connectivity index (χ2v) is 8.30. The minimum atomic E-state index is -0.440. The summed E-state index contributed by atoms with van der Waals surface area (Å²) < 4.78 is 5.28. The van der Waals surface area contributed by atoms with E-state index in [9.17, 15) is 9.59 Å². The summed E-state index contributed by atoms with van der Waals surface area (Å²) in [7, 11) is 1.57. The maximum Gasteiger partial charge on any atom is 0.272 e. The highest BCUT2D eigenvalue weighted by atomic mass is 16.5. The lowest BCUT2D eigenvalue weighted by atomic mass is 9.96. The summed E-state index contributed by atoms with van der Waals surface area (Å²) in [4.78, 5) is 26.6. The molecule has 5 aromatic carbocycles. The predicted molar refractivity (Wildman–Crippen MR) is 145 cm³/mol. The zero-order valence-electron chi connectivity index (χ0n) is 19.7. The maximum absolute atomic E-state index is 13.5. The lowest BCUT2D eigenvalue weighted by molar-refractivity contribution is -0.113. The number of methoxy groups -OCH3 is 1. The number of fused-ring (bicyclic) bond motifs is 2. The molecule has 0 aromatic heterocycles. The van der Waals surface area contributed by atoms with Crippen molar-refractivity contribution < 1.29 is 14.3 Å². The molecule has 2 amide bonds. The third kappa shape index (κ3) is 4.81. The Morgan fingerprint density at radius 2 is 1.36 bits per heavy atom. The summed E-state index contributed by atoms with van der Waals surface area (Å²) in [5.74, 6) is -0.191. The van der Waals surface area contributed by atoms with Crippen LogP contribution in [0.4, 0.5) is 5.69 Å². The summed E-state index contributed by atoms with van der Waals surface area (Å²) in [5, 5.41) is 9.78. The average Bonchev–Trinajstić information content (AvgIpc) is 2.92. The van der Waals surface area contributed by atoms with E-state index >= 15 is 0 Å². The Bertz CT molecular complexity index is 1550. The lowest BCUT2D eigenvalue weighted by Crippen LogP contribution is -2.30. The summed E-state index contributed by atoms with van der Waals surface area (Å²) >= 11 is 0. The van der Waals surface area contributed by atoms with Crippen molar-refractivity contribution in [3.8, 4) is 5.75 Å². The predicted octanol–water partition coefficient (Wildman–Crippen LogP) is 6.41. The first-order valence-electron chi connectivity index (χ1n) is 11.6. The van der Waals surface area contributed by atoms with E-state index in [4.69, 9.17) is 4.74 Å². The quantitative estimate of drug-likeness (QED) is 0.222.